The number of nitro groups is 1. The van der Waals surface area contributed by atoms with Gasteiger partial charge in [-0.3, -0.25) is 14.9 Å². The summed E-state index contributed by atoms with van der Waals surface area (Å²) in [5, 5.41) is 21.7. The Labute approximate surface area is 146 Å². The summed E-state index contributed by atoms with van der Waals surface area (Å²) in [6.45, 7) is 0.478. The van der Waals surface area contributed by atoms with Crippen molar-refractivity contribution in [1.82, 2.24) is 14.8 Å². The van der Waals surface area contributed by atoms with Gasteiger partial charge in [0.15, 0.2) is 5.16 Å². The van der Waals surface area contributed by atoms with Gasteiger partial charge in [-0.2, -0.15) is 0 Å². The van der Waals surface area contributed by atoms with Crippen LogP contribution in [0, 0.1) is 10.1 Å². The lowest BCUT2D eigenvalue weighted by Gasteiger charge is -2.06. The van der Waals surface area contributed by atoms with Crippen LogP contribution in [0.2, 0.25) is 0 Å². The van der Waals surface area contributed by atoms with Crippen molar-refractivity contribution in [2.75, 3.05) is 11.1 Å². The minimum Gasteiger partial charge on any atom is -0.467 e. The van der Waals surface area contributed by atoms with Gasteiger partial charge >= 0.3 is 0 Å². The maximum absolute atomic E-state index is 12.0. The number of nitrogens with one attached hydrogen (secondary N) is 1. The van der Waals surface area contributed by atoms with Crippen LogP contribution < -0.4 is 5.32 Å². The van der Waals surface area contributed by atoms with Crippen LogP contribution in [0.1, 0.15) is 5.76 Å². The number of anilines is 1. The highest BCUT2D eigenvalue weighted by Gasteiger charge is 2.11. The number of thioether (sulfide) groups is 1. The Balaban J connectivity index is 1.54. The zero-order chi connectivity index (χ0) is 17.6. The summed E-state index contributed by atoms with van der Waals surface area (Å²) in [6.07, 6.45) is 3.16. The Hall–Kier alpha value is -3.14. The van der Waals surface area contributed by atoms with E-state index in [4.69, 9.17) is 4.42 Å². The van der Waals surface area contributed by atoms with Gasteiger partial charge in [0.05, 0.1) is 23.5 Å². The first-order chi connectivity index (χ1) is 12.1. The lowest BCUT2D eigenvalue weighted by Crippen LogP contribution is -2.14. The van der Waals surface area contributed by atoms with Gasteiger partial charge < -0.3 is 14.3 Å². The predicted octanol–water partition coefficient (Wildman–Crippen LogP) is 2.56. The molecular formula is C15H13N5O4S. The smallest absolute Gasteiger partial charge is 0.269 e. The quantitative estimate of drug-likeness (QED) is 0.391. The van der Waals surface area contributed by atoms with Crippen molar-refractivity contribution in [2.45, 2.75) is 11.7 Å². The van der Waals surface area contributed by atoms with Crippen molar-refractivity contribution < 1.29 is 14.1 Å². The Kier molecular flexibility index (Phi) is 5.09. The lowest BCUT2D eigenvalue weighted by molar-refractivity contribution is -0.384. The molecule has 0 saturated carbocycles. The molecule has 25 heavy (non-hydrogen) atoms. The van der Waals surface area contributed by atoms with Gasteiger partial charge in [0.25, 0.3) is 5.69 Å². The average Bonchev–Trinajstić information content (AvgIpc) is 3.26. The molecule has 0 saturated heterocycles. The van der Waals surface area contributed by atoms with E-state index in [0.29, 0.717) is 17.4 Å². The summed E-state index contributed by atoms with van der Waals surface area (Å²) in [7, 11) is 0. The molecule has 1 N–H and O–H groups in total. The van der Waals surface area contributed by atoms with Crippen molar-refractivity contribution in [2.24, 2.45) is 0 Å². The van der Waals surface area contributed by atoms with Gasteiger partial charge in [0.1, 0.15) is 12.1 Å². The van der Waals surface area contributed by atoms with E-state index < -0.39 is 4.92 Å². The molecule has 0 bridgehead atoms. The third-order valence-corrected chi connectivity index (χ3v) is 4.16. The number of carbonyl (C=O) groups excluding carboxylic acids is 1. The van der Waals surface area contributed by atoms with Crippen LogP contribution >= 0.6 is 11.8 Å². The SMILES string of the molecule is O=C(CSc1nncn1Cc1ccco1)Nc1ccc([N+](=O)[O-])cc1. The monoisotopic (exact) mass is 359 g/mol. The summed E-state index contributed by atoms with van der Waals surface area (Å²) in [6, 6.07) is 9.28. The minimum atomic E-state index is -0.493. The Morgan fingerprint density at radius 3 is 2.80 bits per heavy atom. The molecule has 10 heteroatoms. The van der Waals surface area contributed by atoms with Crippen molar-refractivity contribution in [1.29, 1.82) is 0 Å². The van der Waals surface area contributed by atoms with Crippen molar-refractivity contribution in [3.05, 3.63) is 64.9 Å². The summed E-state index contributed by atoms with van der Waals surface area (Å²) >= 11 is 1.24. The van der Waals surface area contributed by atoms with Crippen molar-refractivity contribution >= 4 is 29.0 Å². The second-order valence-corrected chi connectivity index (χ2v) is 5.90. The number of aromatic nitrogens is 3. The number of carbonyl (C=O) groups is 1. The molecule has 2 aromatic heterocycles. The van der Waals surface area contributed by atoms with E-state index in [1.807, 2.05) is 6.07 Å². The minimum absolute atomic E-state index is 0.0293. The first-order valence-corrected chi connectivity index (χ1v) is 8.17. The maximum atomic E-state index is 12.0. The molecule has 1 aromatic carbocycles. The molecule has 9 nitrogen and oxygen atoms in total. The van der Waals surface area contributed by atoms with Crippen LogP contribution in [0.3, 0.4) is 0 Å². The Bertz CT molecular complexity index is 860. The van der Waals surface area contributed by atoms with Crippen LogP contribution in [0.25, 0.3) is 0 Å². The van der Waals surface area contributed by atoms with E-state index in [-0.39, 0.29) is 17.3 Å². The molecule has 0 radical (unpaired) electrons. The van der Waals surface area contributed by atoms with Crippen LogP contribution in [0.15, 0.2) is 58.6 Å². The largest absolute Gasteiger partial charge is 0.467 e. The van der Waals surface area contributed by atoms with Gasteiger partial charge in [-0.25, -0.2) is 0 Å². The van der Waals surface area contributed by atoms with E-state index in [1.54, 1.807) is 23.2 Å². The molecular weight excluding hydrogens is 346 g/mol. The molecule has 0 aliphatic rings. The van der Waals surface area contributed by atoms with E-state index in [9.17, 15) is 14.9 Å². The summed E-state index contributed by atoms with van der Waals surface area (Å²) in [4.78, 5) is 22.1. The van der Waals surface area contributed by atoms with Gasteiger partial charge in [0.2, 0.25) is 5.91 Å². The molecule has 3 aromatic rings. The third kappa shape index (κ3) is 4.44. The summed E-state index contributed by atoms with van der Waals surface area (Å²) in [5.74, 6) is 0.650. The summed E-state index contributed by atoms with van der Waals surface area (Å²) in [5.41, 5.74) is 0.464. The topological polar surface area (TPSA) is 116 Å². The highest BCUT2D eigenvalue weighted by molar-refractivity contribution is 7.99. The predicted molar refractivity (Wildman–Crippen MR) is 90.3 cm³/mol. The van der Waals surface area contributed by atoms with Crippen LogP contribution in [-0.2, 0) is 11.3 Å². The van der Waals surface area contributed by atoms with Crippen molar-refractivity contribution in [3.63, 3.8) is 0 Å². The Morgan fingerprint density at radius 1 is 1.32 bits per heavy atom. The van der Waals surface area contributed by atoms with Gasteiger partial charge in [-0.1, -0.05) is 11.8 Å². The van der Waals surface area contributed by atoms with Crippen molar-refractivity contribution in [3.8, 4) is 0 Å². The van der Waals surface area contributed by atoms with E-state index in [1.165, 1.54) is 36.0 Å². The lowest BCUT2D eigenvalue weighted by atomic mass is 10.3. The fourth-order valence-electron chi connectivity index (χ4n) is 2.03. The molecule has 0 unspecified atom stereocenters. The summed E-state index contributed by atoms with van der Waals surface area (Å²) < 4.78 is 7.06. The number of furan rings is 1. The third-order valence-electron chi connectivity index (χ3n) is 3.18. The van der Waals surface area contributed by atoms with Crippen LogP contribution in [0.4, 0.5) is 11.4 Å². The highest BCUT2D eigenvalue weighted by Crippen LogP contribution is 2.18. The number of hydrogen-bond acceptors (Lipinski definition) is 7. The number of hydrogen-bond donors (Lipinski definition) is 1. The number of benzene rings is 1. The second kappa shape index (κ2) is 7.62. The fraction of sp³-hybridized carbons (Fsp3) is 0.133. The maximum Gasteiger partial charge on any atom is 0.269 e. The van der Waals surface area contributed by atoms with E-state index in [2.05, 4.69) is 15.5 Å². The second-order valence-electron chi connectivity index (χ2n) is 4.96. The van der Waals surface area contributed by atoms with Crippen LogP contribution in [-0.4, -0.2) is 31.3 Å². The standard InChI is InChI=1S/C15H13N5O4S/c21-14(17-11-3-5-12(6-4-11)20(22)23)9-25-15-18-16-10-19(15)8-13-2-1-7-24-13/h1-7,10H,8-9H2,(H,17,21). The van der Waals surface area contributed by atoms with E-state index in [0.717, 1.165) is 5.76 Å². The van der Waals surface area contributed by atoms with Crippen LogP contribution in [0.5, 0.6) is 0 Å². The molecule has 0 aliphatic heterocycles. The average molecular weight is 359 g/mol. The van der Waals surface area contributed by atoms with E-state index >= 15 is 0 Å². The van der Waals surface area contributed by atoms with Gasteiger partial charge in [-0.15, -0.1) is 10.2 Å². The molecule has 3 rings (SSSR count). The number of amides is 1. The van der Waals surface area contributed by atoms with Gasteiger partial charge in [0, 0.05) is 17.8 Å². The molecule has 0 fully saturated rings. The fourth-order valence-corrected chi connectivity index (χ4v) is 2.74. The number of nitro benzene ring substituents is 1. The number of nitrogens with zero attached hydrogens (tertiary/aromatic N) is 4. The Morgan fingerprint density at radius 2 is 2.12 bits per heavy atom. The normalized spacial score (nSPS) is 10.6. The molecule has 0 atom stereocenters. The number of rotatable bonds is 7. The zero-order valence-electron chi connectivity index (χ0n) is 12.9. The molecule has 0 aliphatic carbocycles. The molecule has 128 valence electrons. The molecule has 2 heterocycles. The molecule has 1 amide bonds. The number of non-ortho nitro benzene ring substituents is 1. The molecule has 0 spiro atoms. The first-order valence-electron chi connectivity index (χ1n) is 7.19. The van der Waals surface area contributed by atoms with Gasteiger partial charge in [-0.05, 0) is 24.3 Å². The highest BCUT2D eigenvalue weighted by atomic mass is 32.2. The first kappa shape index (κ1) is 16.7. The zero-order valence-corrected chi connectivity index (χ0v) is 13.7.